The van der Waals surface area contributed by atoms with Crippen LogP contribution in [0.5, 0.6) is 0 Å². The summed E-state index contributed by atoms with van der Waals surface area (Å²) < 4.78 is 3.68. The molecule has 0 atom stereocenters. The van der Waals surface area contributed by atoms with Gasteiger partial charge in [0.25, 0.3) is 0 Å². The molecule has 0 saturated carbocycles. The molecule has 3 rings (SSSR count). The monoisotopic (exact) mass is 273 g/mol. The molecule has 0 N–H and O–H groups in total. The summed E-state index contributed by atoms with van der Waals surface area (Å²) in [6, 6.07) is 19.1. The Balaban J connectivity index is 2.01. The third-order valence-corrected chi connectivity index (χ3v) is 4.44. The summed E-state index contributed by atoms with van der Waals surface area (Å²) in [6.07, 6.45) is 0. The zero-order chi connectivity index (χ0) is 10.8. The van der Waals surface area contributed by atoms with E-state index in [-0.39, 0.29) is 0 Å². The molecule has 0 unspecified atom stereocenters. The van der Waals surface area contributed by atoms with E-state index in [0.717, 1.165) is 6.54 Å². The van der Waals surface area contributed by atoms with Gasteiger partial charge in [0.2, 0.25) is 0 Å². The molecule has 0 spiro atoms. The summed E-state index contributed by atoms with van der Waals surface area (Å²) >= 11 is 0.380. The van der Waals surface area contributed by atoms with Crippen molar-refractivity contribution >= 4 is 24.3 Å². The van der Waals surface area contributed by atoms with E-state index in [2.05, 4.69) is 64.2 Å². The Hall–Kier alpha value is -1.37. The minimum atomic E-state index is 0.380. The fraction of sp³-hybridized carbons (Fsp3) is 0.0714. The average Bonchev–Trinajstić information content (AvgIpc) is 2.74. The first-order chi connectivity index (χ1) is 7.93. The van der Waals surface area contributed by atoms with E-state index in [4.69, 9.17) is 0 Å². The van der Waals surface area contributed by atoms with Crippen LogP contribution >= 0.6 is 0 Å². The second kappa shape index (κ2) is 4.25. The van der Waals surface area contributed by atoms with E-state index in [9.17, 15) is 0 Å². The number of nitrogens with zero attached hydrogens (tertiary/aromatic N) is 1. The van der Waals surface area contributed by atoms with Crippen LogP contribution in [0.3, 0.4) is 0 Å². The van der Waals surface area contributed by atoms with E-state index in [0.29, 0.717) is 14.5 Å². The summed E-state index contributed by atoms with van der Waals surface area (Å²) in [5.74, 6) is 0. The van der Waals surface area contributed by atoms with Gasteiger partial charge < -0.3 is 0 Å². The van der Waals surface area contributed by atoms with Crippen molar-refractivity contribution in [3.63, 3.8) is 0 Å². The van der Waals surface area contributed by atoms with E-state index >= 15 is 0 Å². The SMILES string of the molecule is [c-]1[se]c2ccccc2[n+]1Cc1ccccc1. The van der Waals surface area contributed by atoms with E-state index in [1.54, 1.807) is 0 Å². The number of benzene rings is 2. The third-order valence-electron chi connectivity index (χ3n) is 2.61. The van der Waals surface area contributed by atoms with Crippen molar-refractivity contribution in [2.75, 3.05) is 0 Å². The third kappa shape index (κ3) is 1.82. The van der Waals surface area contributed by atoms with Gasteiger partial charge >= 0.3 is 101 Å². The maximum atomic E-state index is 3.47. The zero-order valence-electron chi connectivity index (χ0n) is 8.76. The topological polar surface area (TPSA) is 3.88 Å². The summed E-state index contributed by atoms with van der Waals surface area (Å²) in [4.78, 5) is 0. The van der Waals surface area contributed by atoms with Crippen LogP contribution in [-0.2, 0) is 6.54 Å². The van der Waals surface area contributed by atoms with Crippen molar-refractivity contribution in [3.8, 4) is 0 Å². The van der Waals surface area contributed by atoms with Gasteiger partial charge in [-0.3, -0.25) is 0 Å². The van der Waals surface area contributed by atoms with Gasteiger partial charge in [0.05, 0.1) is 0 Å². The first kappa shape index (κ1) is 9.83. The Labute approximate surface area is 101 Å². The van der Waals surface area contributed by atoms with Crippen LogP contribution in [0.2, 0.25) is 0 Å². The van der Waals surface area contributed by atoms with Crippen molar-refractivity contribution < 1.29 is 4.57 Å². The van der Waals surface area contributed by atoms with Crippen LogP contribution in [0.4, 0.5) is 0 Å². The predicted molar refractivity (Wildman–Crippen MR) is 65.5 cm³/mol. The van der Waals surface area contributed by atoms with Crippen LogP contribution in [0, 0.1) is 5.07 Å². The van der Waals surface area contributed by atoms with Gasteiger partial charge in [-0.1, -0.05) is 0 Å². The first-order valence-electron chi connectivity index (χ1n) is 5.26. The molecule has 1 heterocycles. The second-order valence-corrected chi connectivity index (χ2v) is 5.47. The molecule has 0 fully saturated rings. The molecule has 3 aromatic rings. The average molecular weight is 272 g/mol. The van der Waals surface area contributed by atoms with Crippen LogP contribution < -0.4 is 4.57 Å². The van der Waals surface area contributed by atoms with Crippen LogP contribution in [0.1, 0.15) is 5.56 Å². The van der Waals surface area contributed by atoms with Crippen molar-refractivity contribution in [1.29, 1.82) is 0 Å². The number of rotatable bonds is 2. The molecule has 0 aliphatic carbocycles. The van der Waals surface area contributed by atoms with Gasteiger partial charge in [0.1, 0.15) is 0 Å². The van der Waals surface area contributed by atoms with Crippen LogP contribution in [-0.4, -0.2) is 14.5 Å². The standard InChI is InChI=1S/C14H11NSe/c1-2-6-12(7-3-1)10-15-11-16-14-9-5-4-8-13(14)15/h1-9H,10H2. The molecule has 16 heavy (non-hydrogen) atoms. The van der Waals surface area contributed by atoms with Crippen molar-refractivity contribution in [2.24, 2.45) is 0 Å². The fourth-order valence-corrected chi connectivity index (χ4v) is 3.48. The molecule has 1 nitrogen and oxygen atoms in total. The summed E-state index contributed by atoms with van der Waals surface area (Å²) in [6.45, 7) is 0.930. The minimum absolute atomic E-state index is 0.380. The predicted octanol–water partition coefficient (Wildman–Crippen LogP) is 2.03. The number of aromatic nitrogens is 1. The van der Waals surface area contributed by atoms with Crippen LogP contribution in [0.25, 0.3) is 9.78 Å². The fourth-order valence-electron chi connectivity index (χ4n) is 1.80. The second-order valence-electron chi connectivity index (χ2n) is 3.73. The Bertz CT molecular complexity index is 598. The Morgan fingerprint density at radius 3 is 2.56 bits per heavy atom. The normalized spacial score (nSPS) is 10.8. The molecule has 78 valence electrons. The van der Waals surface area contributed by atoms with Gasteiger partial charge in [-0.15, -0.1) is 0 Å². The Kier molecular flexibility index (Phi) is 2.61. The summed E-state index contributed by atoms with van der Waals surface area (Å²) in [5.41, 5.74) is 2.66. The van der Waals surface area contributed by atoms with Gasteiger partial charge in [0, 0.05) is 0 Å². The number of hydrogen-bond acceptors (Lipinski definition) is 0. The molecule has 2 heteroatoms. The van der Waals surface area contributed by atoms with E-state index in [1.165, 1.54) is 15.3 Å². The van der Waals surface area contributed by atoms with Gasteiger partial charge in [0.15, 0.2) is 0 Å². The van der Waals surface area contributed by atoms with Gasteiger partial charge in [-0.25, -0.2) is 0 Å². The summed E-state index contributed by atoms with van der Waals surface area (Å²) in [7, 11) is 0. The molecule has 2 aromatic carbocycles. The quantitative estimate of drug-likeness (QED) is 0.382. The molecule has 0 radical (unpaired) electrons. The maximum absolute atomic E-state index is 3.47. The van der Waals surface area contributed by atoms with Crippen molar-refractivity contribution in [1.82, 2.24) is 0 Å². The van der Waals surface area contributed by atoms with Crippen molar-refractivity contribution in [2.45, 2.75) is 6.54 Å². The van der Waals surface area contributed by atoms with Gasteiger partial charge in [-0.2, -0.15) is 0 Å². The molecule has 1 aromatic heterocycles. The van der Waals surface area contributed by atoms with Crippen LogP contribution in [0.15, 0.2) is 54.6 Å². The first-order valence-corrected chi connectivity index (χ1v) is 6.98. The molecule has 0 amide bonds. The number of fused-ring (bicyclic) bond motifs is 1. The van der Waals surface area contributed by atoms with Gasteiger partial charge in [-0.05, 0) is 0 Å². The molecule has 0 aliphatic heterocycles. The molecule has 0 bridgehead atoms. The number of hydrogen-bond donors (Lipinski definition) is 0. The molecular weight excluding hydrogens is 261 g/mol. The molecule has 0 saturated heterocycles. The molecular formula is C14H11NSe. The van der Waals surface area contributed by atoms with Crippen molar-refractivity contribution in [3.05, 3.63) is 65.2 Å². The number of para-hydroxylation sites is 1. The summed E-state index contributed by atoms with van der Waals surface area (Å²) in [5, 5.41) is 3.47. The van der Waals surface area contributed by atoms with E-state index in [1.807, 2.05) is 0 Å². The molecule has 0 aliphatic rings. The Morgan fingerprint density at radius 1 is 0.938 bits per heavy atom. The zero-order valence-corrected chi connectivity index (χ0v) is 10.5. The van der Waals surface area contributed by atoms with E-state index < -0.39 is 0 Å². The Morgan fingerprint density at radius 2 is 1.69 bits per heavy atom.